The number of ether oxygens (including phenoxy) is 2. The molecule has 20 heavy (non-hydrogen) atoms. The molecule has 7 heteroatoms. The van der Waals surface area contributed by atoms with Gasteiger partial charge in [0, 0.05) is 13.1 Å². The van der Waals surface area contributed by atoms with Gasteiger partial charge in [-0.1, -0.05) is 12.8 Å². The zero-order chi connectivity index (χ0) is 15.4. The summed E-state index contributed by atoms with van der Waals surface area (Å²) in [5.41, 5.74) is -0.456. The lowest BCUT2D eigenvalue weighted by atomic mass is 10.2. The number of unbranched alkanes of at least 4 members (excludes halogenated alkanes) is 3. The molecule has 0 spiro atoms. The van der Waals surface area contributed by atoms with Gasteiger partial charge in [-0.3, -0.25) is 0 Å². The minimum Gasteiger partial charge on any atom is -0.444 e. The molecule has 0 unspecified atom stereocenters. The Morgan fingerprint density at radius 3 is 1.90 bits per heavy atom. The normalized spacial score (nSPS) is 10.8. The van der Waals surface area contributed by atoms with Gasteiger partial charge in [0.15, 0.2) is 0 Å². The van der Waals surface area contributed by atoms with Crippen LogP contribution >= 0.6 is 22.6 Å². The van der Waals surface area contributed by atoms with Crippen molar-refractivity contribution in [1.29, 1.82) is 0 Å². The van der Waals surface area contributed by atoms with Gasteiger partial charge in [0.2, 0.25) is 0 Å². The van der Waals surface area contributed by atoms with Crippen LogP contribution in [0.2, 0.25) is 0 Å². The highest BCUT2D eigenvalue weighted by molar-refractivity contribution is 14.1. The second-order valence-corrected chi connectivity index (χ2v) is 5.93. The van der Waals surface area contributed by atoms with Crippen molar-refractivity contribution in [2.75, 3.05) is 17.7 Å². The first kappa shape index (κ1) is 19.3. The predicted octanol–water partition coefficient (Wildman–Crippen LogP) is 3.19. The van der Waals surface area contributed by atoms with Crippen LogP contribution in [0.4, 0.5) is 9.59 Å². The SMILES string of the molecule is CC(C)(C)OC(=O)NCCCCCCNC(=O)OCI. The highest BCUT2D eigenvalue weighted by Crippen LogP contribution is 2.06. The number of alkyl carbamates (subject to hydrolysis) is 2. The third-order valence-electron chi connectivity index (χ3n) is 2.23. The number of halogens is 1. The number of carbonyl (C=O) groups is 2. The Morgan fingerprint density at radius 1 is 0.950 bits per heavy atom. The second-order valence-electron chi connectivity index (χ2n) is 5.31. The van der Waals surface area contributed by atoms with Crippen molar-refractivity contribution in [1.82, 2.24) is 10.6 Å². The largest absolute Gasteiger partial charge is 0.444 e. The van der Waals surface area contributed by atoms with E-state index in [1.165, 1.54) is 0 Å². The summed E-state index contributed by atoms with van der Waals surface area (Å²) >= 11 is 1.97. The van der Waals surface area contributed by atoms with Crippen molar-refractivity contribution in [3.05, 3.63) is 0 Å². The maximum Gasteiger partial charge on any atom is 0.407 e. The fraction of sp³-hybridized carbons (Fsp3) is 0.846. The fourth-order valence-electron chi connectivity index (χ4n) is 1.40. The molecule has 0 saturated heterocycles. The quantitative estimate of drug-likeness (QED) is 0.373. The topological polar surface area (TPSA) is 76.7 Å². The van der Waals surface area contributed by atoms with Gasteiger partial charge in [0.1, 0.15) is 10.2 Å². The van der Waals surface area contributed by atoms with E-state index in [-0.39, 0.29) is 12.2 Å². The van der Waals surface area contributed by atoms with Crippen molar-refractivity contribution in [2.45, 2.75) is 52.1 Å². The molecule has 118 valence electrons. The third kappa shape index (κ3) is 13.7. The predicted molar refractivity (Wildman–Crippen MR) is 86.1 cm³/mol. The average Bonchev–Trinajstić information content (AvgIpc) is 2.30. The summed E-state index contributed by atoms with van der Waals surface area (Å²) in [5.74, 6) is 0. The van der Waals surface area contributed by atoms with Gasteiger partial charge < -0.3 is 20.1 Å². The number of amides is 2. The van der Waals surface area contributed by atoms with Crippen LogP contribution in [0.5, 0.6) is 0 Å². The summed E-state index contributed by atoms with van der Waals surface area (Å²) in [6.07, 6.45) is 3.06. The molecule has 0 atom stereocenters. The lowest BCUT2D eigenvalue weighted by Crippen LogP contribution is -2.33. The van der Waals surface area contributed by atoms with E-state index in [1.807, 2.05) is 43.4 Å². The molecule has 2 N–H and O–H groups in total. The standard InChI is InChI=1S/C13H25IN2O4/c1-13(2,3)20-12(18)16-9-7-5-4-6-8-15-11(17)19-10-14/h4-10H2,1-3H3,(H,15,17)(H,16,18). The van der Waals surface area contributed by atoms with Crippen molar-refractivity contribution >= 4 is 34.8 Å². The molecule has 0 radical (unpaired) electrons. The molecule has 0 aliphatic carbocycles. The molecule has 0 saturated carbocycles. The Balaban J connectivity index is 3.33. The van der Waals surface area contributed by atoms with Gasteiger partial charge in [0.25, 0.3) is 0 Å². The van der Waals surface area contributed by atoms with E-state index in [4.69, 9.17) is 9.47 Å². The van der Waals surface area contributed by atoms with Crippen molar-refractivity contribution in [3.8, 4) is 0 Å². The van der Waals surface area contributed by atoms with Gasteiger partial charge in [-0.2, -0.15) is 0 Å². The zero-order valence-corrected chi connectivity index (χ0v) is 14.6. The maximum atomic E-state index is 11.3. The number of alkyl halides is 1. The van der Waals surface area contributed by atoms with E-state index in [2.05, 4.69) is 10.6 Å². The van der Waals surface area contributed by atoms with Gasteiger partial charge in [-0.25, -0.2) is 9.59 Å². The Hall–Kier alpha value is -0.730. The summed E-state index contributed by atoms with van der Waals surface area (Å²) in [6.45, 7) is 6.74. The van der Waals surface area contributed by atoms with Gasteiger partial charge in [0.05, 0.1) is 0 Å². The summed E-state index contributed by atoms with van der Waals surface area (Å²) in [6, 6.07) is 0. The number of carbonyl (C=O) groups excluding carboxylic acids is 2. The first-order chi connectivity index (χ1) is 9.35. The lowest BCUT2D eigenvalue weighted by Gasteiger charge is -2.19. The Bertz CT molecular complexity index is 293. The van der Waals surface area contributed by atoms with Crippen LogP contribution in [0.25, 0.3) is 0 Å². The Labute approximate surface area is 134 Å². The molecule has 0 aromatic carbocycles. The molecule has 6 nitrogen and oxygen atoms in total. The van der Waals surface area contributed by atoms with Crippen LogP contribution in [-0.2, 0) is 9.47 Å². The highest BCUT2D eigenvalue weighted by atomic mass is 127. The molecule has 0 bridgehead atoms. The van der Waals surface area contributed by atoms with Crippen LogP contribution < -0.4 is 10.6 Å². The minimum absolute atomic E-state index is 0.361. The smallest absolute Gasteiger partial charge is 0.407 e. The summed E-state index contributed by atoms with van der Waals surface area (Å²) in [5, 5.41) is 5.38. The van der Waals surface area contributed by atoms with E-state index < -0.39 is 5.60 Å². The molecular formula is C13H25IN2O4. The molecule has 0 rings (SSSR count). The van der Waals surface area contributed by atoms with E-state index in [0.29, 0.717) is 17.7 Å². The molecule has 0 aliphatic heterocycles. The first-order valence-corrected chi connectivity index (χ1v) is 8.31. The minimum atomic E-state index is -0.456. The average molecular weight is 400 g/mol. The summed E-state index contributed by atoms with van der Waals surface area (Å²) in [7, 11) is 0. The molecule has 0 heterocycles. The van der Waals surface area contributed by atoms with E-state index in [0.717, 1.165) is 25.7 Å². The van der Waals surface area contributed by atoms with Crippen LogP contribution in [0.3, 0.4) is 0 Å². The van der Waals surface area contributed by atoms with Crippen LogP contribution in [-0.4, -0.2) is 35.5 Å². The van der Waals surface area contributed by atoms with Gasteiger partial charge >= 0.3 is 12.2 Å². The van der Waals surface area contributed by atoms with E-state index in [1.54, 1.807) is 0 Å². The number of rotatable bonds is 8. The molecule has 2 amide bonds. The van der Waals surface area contributed by atoms with Crippen LogP contribution in [0.15, 0.2) is 0 Å². The van der Waals surface area contributed by atoms with Gasteiger partial charge in [-0.15, -0.1) is 0 Å². The highest BCUT2D eigenvalue weighted by Gasteiger charge is 2.15. The first-order valence-electron chi connectivity index (χ1n) is 6.78. The summed E-state index contributed by atoms with van der Waals surface area (Å²) in [4.78, 5) is 22.3. The number of nitrogens with one attached hydrogen (secondary N) is 2. The Kier molecular flexibility index (Phi) is 10.6. The lowest BCUT2D eigenvalue weighted by molar-refractivity contribution is 0.0527. The third-order valence-corrected chi connectivity index (χ3v) is 2.54. The fourth-order valence-corrected chi connectivity index (χ4v) is 1.68. The molecule has 0 aromatic rings. The van der Waals surface area contributed by atoms with Crippen LogP contribution in [0, 0.1) is 0 Å². The molecular weight excluding hydrogens is 375 g/mol. The van der Waals surface area contributed by atoms with Crippen molar-refractivity contribution < 1.29 is 19.1 Å². The molecule has 0 fully saturated rings. The van der Waals surface area contributed by atoms with E-state index in [9.17, 15) is 9.59 Å². The van der Waals surface area contributed by atoms with Crippen LogP contribution in [0.1, 0.15) is 46.5 Å². The Morgan fingerprint density at radius 2 is 1.45 bits per heavy atom. The summed E-state index contributed by atoms with van der Waals surface area (Å²) < 4.78 is 10.2. The van der Waals surface area contributed by atoms with Crippen molar-refractivity contribution in [3.63, 3.8) is 0 Å². The second kappa shape index (κ2) is 11.0. The number of hydrogen-bond acceptors (Lipinski definition) is 4. The molecule has 0 aromatic heterocycles. The van der Waals surface area contributed by atoms with Crippen molar-refractivity contribution in [2.24, 2.45) is 0 Å². The zero-order valence-electron chi connectivity index (χ0n) is 12.5. The maximum absolute atomic E-state index is 11.3. The van der Waals surface area contributed by atoms with Gasteiger partial charge in [-0.05, 0) is 56.2 Å². The number of hydrogen-bond donors (Lipinski definition) is 2. The van der Waals surface area contributed by atoms with E-state index >= 15 is 0 Å². The monoisotopic (exact) mass is 400 g/mol. The molecule has 0 aliphatic rings.